The highest BCUT2D eigenvalue weighted by molar-refractivity contribution is 6.00. The lowest BCUT2D eigenvalue weighted by Crippen LogP contribution is -2.36. The molecule has 1 aliphatic carbocycles. The summed E-state index contributed by atoms with van der Waals surface area (Å²) in [5, 5.41) is 15.3. The first-order valence-corrected chi connectivity index (χ1v) is 8.77. The fourth-order valence-electron chi connectivity index (χ4n) is 3.84. The Morgan fingerprint density at radius 3 is 2.60 bits per heavy atom. The van der Waals surface area contributed by atoms with Crippen molar-refractivity contribution < 1.29 is 4.79 Å². The number of hydrogen-bond acceptors (Lipinski definition) is 5. The lowest BCUT2D eigenvalue weighted by Gasteiger charge is -2.37. The maximum Gasteiger partial charge on any atom is 0.248 e. The van der Waals surface area contributed by atoms with Crippen LogP contribution < -0.4 is 5.32 Å². The number of anilines is 1. The second-order valence-corrected chi connectivity index (χ2v) is 8.13. The monoisotopic (exact) mass is 337 g/mol. The summed E-state index contributed by atoms with van der Waals surface area (Å²) in [5.74, 6) is 1.25. The third-order valence-electron chi connectivity index (χ3n) is 5.11. The van der Waals surface area contributed by atoms with Gasteiger partial charge in [0.1, 0.15) is 6.04 Å². The Morgan fingerprint density at radius 2 is 1.92 bits per heavy atom. The second-order valence-electron chi connectivity index (χ2n) is 8.13. The van der Waals surface area contributed by atoms with Crippen LogP contribution >= 0.6 is 0 Å². The summed E-state index contributed by atoms with van der Waals surface area (Å²) in [5.41, 5.74) is 4.03. The molecule has 1 N–H and O–H groups in total. The molecule has 1 aliphatic heterocycles. The number of allylic oxidation sites excluding steroid dienone is 2. The molecule has 0 saturated carbocycles. The number of ketones is 1. The van der Waals surface area contributed by atoms with Crippen LogP contribution in [0, 0.1) is 5.41 Å². The molecule has 130 valence electrons. The SMILES string of the molecule is CC(C)c1ccc(C2C3=C(CC(C)(C)CC3=O)Nc3nnnn32)cc1. The van der Waals surface area contributed by atoms with Crippen LogP contribution in [-0.4, -0.2) is 26.0 Å². The number of tetrazole rings is 1. The molecule has 2 heterocycles. The van der Waals surface area contributed by atoms with Crippen molar-refractivity contribution in [2.45, 2.75) is 52.5 Å². The molecule has 0 fully saturated rings. The summed E-state index contributed by atoms with van der Waals surface area (Å²) in [4.78, 5) is 13.0. The minimum Gasteiger partial charge on any atom is -0.326 e. The van der Waals surface area contributed by atoms with Crippen LogP contribution in [0.15, 0.2) is 35.5 Å². The van der Waals surface area contributed by atoms with Crippen molar-refractivity contribution in [1.29, 1.82) is 0 Å². The van der Waals surface area contributed by atoms with Gasteiger partial charge in [0.2, 0.25) is 5.95 Å². The molecular formula is C19H23N5O. The molecule has 2 aliphatic rings. The molecule has 0 spiro atoms. The zero-order valence-corrected chi connectivity index (χ0v) is 15.1. The standard InChI is InChI=1S/C19H23N5O/c1-11(2)12-5-7-13(8-6-12)17-16-14(9-19(3,4)10-15(16)25)20-18-21-22-23-24(17)18/h5-8,11,17H,9-10H2,1-4H3,(H,20,21,23). The Kier molecular flexibility index (Phi) is 3.52. The van der Waals surface area contributed by atoms with E-state index in [2.05, 4.69) is 72.8 Å². The van der Waals surface area contributed by atoms with E-state index >= 15 is 0 Å². The average Bonchev–Trinajstić information content (AvgIpc) is 2.99. The predicted molar refractivity (Wildman–Crippen MR) is 95.2 cm³/mol. The van der Waals surface area contributed by atoms with Gasteiger partial charge in [-0.05, 0) is 39.3 Å². The molecule has 1 aromatic heterocycles. The number of Topliss-reactive ketones (excluding diaryl/α,β-unsaturated/α-hetero) is 1. The molecule has 4 rings (SSSR count). The molecule has 25 heavy (non-hydrogen) atoms. The summed E-state index contributed by atoms with van der Waals surface area (Å²) >= 11 is 0. The maximum atomic E-state index is 13.0. The molecule has 2 aromatic rings. The Labute approximate surface area is 147 Å². The molecule has 0 radical (unpaired) electrons. The van der Waals surface area contributed by atoms with Gasteiger partial charge in [0.25, 0.3) is 0 Å². The van der Waals surface area contributed by atoms with Gasteiger partial charge in [0.15, 0.2) is 5.78 Å². The quantitative estimate of drug-likeness (QED) is 0.908. The molecule has 0 saturated heterocycles. The van der Waals surface area contributed by atoms with Gasteiger partial charge in [-0.2, -0.15) is 4.68 Å². The number of fused-ring (bicyclic) bond motifs is 1. The van der Waals surface area contributed by atoms with Gasteiger partial charge >= 0.3 is 0 Å². The number of nitrogens with zero attached hydrogens (tertiary/aromatic N) is 4. The zero-order chi connectivity index (χ0) is 17.8. The summed E-state index contributed by atoms with van der Waals surface area (Å²) in [6.07, 6.45) is 1.37. The number of aromatic nitrogens is 4. The largest absolute Gasteiger partial charge is 0.326 e. The van der Waals surface area contributed by atoms with Gasteiger partial charge in [0.05, 0.1) is 0 Å². The Morgan fingerprint density at radius 1 is 1.20 bits per heavy atom. The molecule has 0 amide bonds. The Hall–Kier alpha value is -2.50. The van der Waals surface area contributed by atoms with Crippen molar-refractivity contribution in [2.24, 2.45) is 5.41 Å². The summed E-state index contributed by atoms with van der Waals surface area (Å²) in [7, 11) is 0. The fraction of sp³-hybridized carbons (Fsp3) is 0.474. The fourth-order valence-corrected chi connectivity index (χ4v) is 3.84. The van der Waals surface area contributed by atoms with Crippen LogP contribution in [0.2, 0.25) is 0 Å². The molecule has 6 nitrogen and oxygen atoms in total. The first kappa shape index (κ1) is 16.0. The van der Waals surface area contributed by atoms with E-state index in [1.54, 1.807) is 4.68 Å². The summed E-state index contributed by atoms with van der Waals surface area (Å²) in [6.45, 7) is 8.60. The van der Waals surface area contributed by atoms with E-state index < -0.39 is 0 Å². The number of rotatable bonds is 2. The van der Waals surface area contributed by atoms with E-state index in [-0.39, 0.29) is 17.2 Å². The van der Waals surface area contributed by atoms with Crippen molar-refractivity contribution >= 4 is 11.7 Å². The van der Waals surface area contributed by atoms with Gasteiger partial charge in [0, 0.05) is 17.7 Å². The molecule has 0 bridgehead atoms. The highest BCUT2D eigenvalue weighted by Crippen LogP contribution is 2.44. The Balaban J connectivity index is 1.84. The lowest BCUT2D eigenvalue weighted by atomic mass is 9.73. The number of carbonyl (C=O) groups excluding carboxylic acids is 1. The lowest BCUT2D eigenvalue weighted by molar-refractivity contribution is -0.118. The van der Waals surface area contributed by atoms with Gasteiger partial charge in [-0.3, -0.25) is 4.79 Å². The van der Waals surface area contributed by atoms with Gasteiger partial charge < -0.3 is 5.32 Å². The van der Waals surface area contributed by atoms with E-state index in [1.807, 2.05) is 0 Å². The van der Waals surface area contributed by atoms with Gasteiger partial charge in [-0.15, -0.1) is 0 Å². The van der Waals surface area contributed by atoms with Crippen molar-refractivity contribution in [3.05, 3.63) is 46.7 Å². The van der Waals surface area contributed by atoms with Crippen molar-refractivity contribution in [1.82, 2.24) is 20.2 Å². The first-order chi connectivity index (χ1) is 11.9. The number of nitrogens with one attached hydrogen (secondary N) is 1. The third-order valence-corrected chi connectivity index (χ3v) is 5.11. The van der Waals surface area contributed by atoms with Crippen LogP contribution in [0.4, 0.5) is 5.95 Å². The highest BCUT2D eigenvalue weighted by Gasteiger charge is 2.41. The van der Waals surface area contributed by atoms with Crippen LogP contribution in [0.3, 0.4) is 0 Å². The highest BCUT2D eigenvalue weighted by atomic mass is 16.1. The van der Waals surface area contributed by atoms with Gasteiger partial charge in [-0.25, -0.2) is 0 Å². The smallest absolute Gasteiger partial charge is 0.248 e. The average molecular weight is 337 g/mol. The summed E-state index contributed by atoms with van der Waals surface area (Å²) < 4.78 is 1.72. The normalized spacial score (nSPS) is 21.8. The summed E-state index contributed by atoms with van der Waals surface area (Å²) in [6, 6.07) is 8.18. The first-order valence-electron chi connectivity index (χ1n) is 8.77. The second kappa shape index (κ2) is 5.51. The molecule has 1 unspecified atom stereocenters. The number of benzene rings is 1. The minimum atomic E-state index is -0.258. The van der Waals surface area contributed by atoms with Crippen LogP contribution in [0.25, 0.3) is 0 Å². The van der Waals surface area contributed by atoms with E-state index in [4.69, 9.17) is 0 Å². The molecule has 6 heteroatoms. The Bertz CT molecular complexity index is 860. The number of hydrogen-bond donors (Lipinski definition) is 1. The van der Waals surface area contributed by atoms with Crippen molar-refractivity contribution in [3.8, 4) is 0 Å². The maximum absolute atomic E-state index is 13.0. The van der Waals surface area contributed by atoms with Crippen LogP contribution in [-0.2, 0) is 4.79 Å². The van der Waals surface area contributed by atoms with E-state index in [1.165, 1.54) is 5.56 Å². The topological polar surface area (TPSA) is 72.7 Å². The van der Waals surface area contributed by atoms with Crippen LogP contribution in [0.5, 0.6) is 0 Å². The van der Waals surface area contributed by atoms with Crippen molar-refractivity contribution in [3.63, 3.8) is 0 Å². The predicted octanol–water partition coefficient (Wildman–Crippen LogP) is 3.45. The van der Waals surface area contributed by atoms with E-state index in [9.17, 15) is 4.79 Å². The molecule has 1 atom stereocenters. The van der Waals surface area contributed by atoms with E-state index in [0.717, 1.165) is 23.3 Å². The molecule has 1 aromatic carbocycles. The van der Waals surface area contributed by atoms with Crippen LogP contribution in [0.1, 0.15) is 63.6 Å². The molecular weight excluding hydrogens is 314 g/mol. The van der Waals surface area contributed by atoms with E-state index in [0.29, 0.717) is 18.3 Å². The zero-order valence-electron chi connectivity index (χ0n) is 15.1. The number of carbonyl (C=O) groups is 1. The third kappa shape index (κ3) is 2.65. The van der Waals surface area contributed by atoms with Gasteiger partial charge in [-0.1, -0.05) is 57.1 Å². The van der Waals surface area contributed by atoms with Crippen molar-refractivity contribution in [2.75, 3.05) is 5.32 Å². The minimum absolute atomic E-state index is 0.0510.